The van der Waals surface area contributed by atoms with Gasteiger partial charge in [0, 0.05) is 30.9 Å². The number of nitrogens with one attached hydrogen (secondary N) is 2. The molecule has 1 fully saturated rings. The Hall–Kier alpha value is -2.93. The Balaban J connectivity index is 1.47. The maximum absolute atomic E-state index is 12.4. The number of aromatic nitrogens is 1. The summed E-state index contributed by atoms with van der Waals surface area (Å²) in [4.78, 5) is 42.1. The second kappa shape index (κ2) is 8.64. The van der Waals surface area contributed by atoms with Crippen molar-refractivity contribution >= 4 is 35.1 Å². The Morgan fingerprint density at radius 1 is 1.00 bits per heavy atom. The van der Waals surface area contributed by atoms with Crippen molar-refractivity contribution in [2.45, 2.75) is 18.9 Å². The van der Waals surface area contributed by atoms with E-state index in [9.17, 15) is 14.4 Å². The van der Waals surface area contributed by atoms with Crippen LogP contribution >= 0.6 is 11.6 Å². The molecule has 0 unspecified atom stereocenters. The van der Waals surface area contributed by atoms with Gasteiger partial charge < -0.3 is 15.5 Å². The van der Waals surface area contributed by atoms with Crippen LogP contribution in [0.3, 0.4) is 0 Å². The van der Waals surface area contributed by atoms with Gasteiger partial charge in [0.05, 0.1) is 5.02 Å². The smallest absolute Gasteiger partial charge is 0.314 e. The molecule has 0 spiro atoms. The molecule has 1 saturated heterocycles. The molecule has 3 rings (SSSR count). The first-order valence-electron chi connectivity index (χ1n) is 8.60. The lowest BCUT2D eigenvalue weighted by atomic mass is 10.0. The molecule has 7 nitrogen and oxygen atoms in total. The summed E-state index contributed by atoms with van der Waals surface area (Å²) in [7, 11) is 0. The molecule has 3 amide bonds. The van der Waals surface area contributed by atoms with Crippen molar-refractivity contribution in [1.82, 2.24) is 15.2 Å². The molecule has 2 heterocycles. The monoisotopic (exact) mass is 386 g/mol. The van der Waals surface area contributed by atoms with Gasteiger partial charge in [0.2, 0.25) is 0 Å². The van der Waals surface area contributed by atoms with Crippen LogP contribution in [0, 0.1) is 0 Å². The van der Waals surface area contributed by atoms with Crippen LogP contribution in [0.2, 0.25) is 5.02 Å². The molecule has 2 aromatic rings. The second-order valence-corrected chi connectivity index (χ2v) is 6.66. The summed E-state index contributed by atoms with van der Waals surface area (Å²) in [5.41, 5.74) is 0.648. The Kier molecular flexibility index (Phi) is 6.03. The molecule has 8 heteroatoms. The van der Waals surface area contributed by atoms with E-state index >= 15 is 0 Å². The van der Waals surface area contributed by atoms with Gasteiger partial charge in [0.15, 0.2) is 0 Å². The molecule has 0 atom stereocenters. The highest BCUT2D eigenvalue weighted by molar-refractivity contribution is 6.39. The van der Waals surface area contributed by atoms with E-state index < -0.39 is 11.8 Å². The normalized spacial score (nSPS) is 14.5. The first-order chi connectivity index (χ1) is 13.0. The van der Waals surface area contributed by atoms with Crippen LogP contribution < -0.4 is 10.6 Å². The second-order valence-electron chi connectivity index (χ2n) is 6.22. The Labute approximate surface area is 161 Å². The molecule has 1 aromatic carbocycles. The van der Waals surface area contributed by atoms with Crippen molar-refractivity contribution < 1.29 is 14.4 Å². The van der Waals surface area contributed by atoms with E-state index in [-0.39, 0.29) is 17.8 Å². The number of anilines is 1. The van der Waals surface area contributed by atoms with Crippen LogP contribution in [0.5, 0.6) is 0 Å². The van der Waals surface area contributed by atoms with Gasteiger partial charge in [-0.05, 0) is 37.1 Å². The largest absolute Gasteiger partial charge is 0.345 e. The van der Waals surface area contributed by atoms with E-state index in [0.717, 1.165) is 0 Å². The molecule has 27 heavy (non-hydrogen) atoms. The molecule has 0 radical (unpaired) electrons. The molecule has 140 valence electrons. The van der Waals surface area contributed by atoms with Gasteiger partial charge in [-0.3, -0.25) is 14.4 Å². The molecule has 0 bridgehead atoms. The molecule has 0 saturated carbocycles. The minimum atomic E-state index is -0.785. The number of carbonyl (C=O) groups is 3. The first kappa shape index (κ1) is 18.8. The quantitative estimate of drug-likeness (QED) is 0.790. The number of carbonyl (C=O) groups excluding carboxylic acids is 3. The molecule has 1 aromatic heterocycles. The highest BCUT2D eigenvalue weighted by atomic mass is 35.5. The highest BCUT2D eigenvalue weighted by Gasteiger charge is 2.26. The molecule has 0 aliphatic carbocycles. The third-order valence-electron chi connectivity index (χ3n) is 4.31. The van der Waals surface area contributed by atoms with Crippen molar-refractivity contribution in [3.8, 4) is 0 Å². The number of hydrogen-bond acceptors (Lipinski definition) is 4. The number of likely N-dealkylation sites (tertiary alicyclic amines) is 1. The molecule has 1 aliphatic rings. The summed E-state index contributed by atoms with van der Waals surface area (Å²) in [6.07, 6.45) is 2.57. The molecular weight excluding hydrogens is 368 g/mol. The first-order valence-corrected chi connectivity index (χ1v) is 8.98. The summed E-state index contributed by atoms with van der Waals surface area (Å²) in [6.45, 7) is 1.05. The van der Waals surface area contributed by atoms with Gasteiger partial charge in [0.25, 0.3) is 5.91 Å². The Morgan fingerprint density at radius 3 is 2.33 bits per heavy atom. The summed E-state index contributed by atoms with van der Waals surface area (Å²) < 4.78 is 0. The van der Waals surface area contributed by atoms with E-state index in [1.807, 2.05) is 18.2 Å². The van der Waals surface area contributed by atoms with Gasteiger partial charge in [0.1, 0.15) is 5.82 Å². The molecular formula is C19H19ClN4O3. The van der Waals surface area contributed by atoms with Gasteiger partial charge in [-0.1, -0.05) is 29.8 Å². The zero-order valence-corrected chi connectivity index (χ0v) is 15.3. The van der Waals surface area contributed by atoms with Crippen LogP contribution in [0.25, 0.3) is 0 Å². The molecule has 2 N–H and O–H groups in total. The van der Waals surface area contributed by atoms with Crippen LogP contribution in [0.1, 0.15) is 23.2 Å². The summed E-state index contributed by atoms with van der Waals surface area (Å²) in [5, 5.41) is 5.57. The number of nitrogens with zero attached hydrogens (tertiary/aromatic N) is 2. The zero-order chi connectivity index (χ0) is 19.2. The maximum Gasteiger partial charge on any atom is 0.314 e. The molecule has 1 aliphatic heterocycles. The highest BCUT2D eigenvalue weighted by Crippen LogP contribution is 2.14. The fourth-order valence-corrected chi connectivity index (χ4v) is 2.98. The minimum absolute atomic E-state index is 0.0214. The Morgan fingerprint density at radius 2 is 1.70 bits per heavy atom. The number of halogens is 1. The third-order valence-corrected chi connectivity index (χ3v) is 4.54. The van der Waals surface area contributed by atoms with Crippen molar-refractivity contribution in [3.05, 3.63) is 59.2 Å². The SMILES string of the molecule is O=C(Nc1ccc(Cl)cn1)C(=O)NC1CCN(C(=O)c2ccccc2)CC1. The fourth-order valence-electron chi connectivity index (χ4n) is 2.86. The van der Waals surface area contributed by atoms with Crippen LogP contribution in [-0.4, -0.2) is 46.7 Å². The number of amides is 3. The van der Waals surface area contributed by atoms with E-state index in [0.29, 0.717) is 36.5 Å². The van der Waals surface area contributed by atoms with Crippen molar-refractivity contribution in [2.75, 3.05) is 18.4 Å². The number of benzene rings is 1. The number of hydrogen-bond donors (Lipinski definition) is 2. The summed E-state index contributed by atoms with van der Waals surface area (Å²) in [5.74, 6) is -1.28. The lowest BCUT2D eigenvalue weighted by Crippen LogP contribution is -2.49. The van der Waals surface area contributed by atoms with Gasteiger partial charge in [-0.2, -0.15) is 0 Å². The lowest BCUT2D eigenvalue weighted by molar-refractivity contribution is -0.136. The number of rotatable bonds is 3. The zero-order valence-electron chi connectivity index (χ0n) is 14.5. The fraction of sp³-hybridized carbons (Fsp3) is 0.263. The van der Waals surface area contributed by atoms with E-state index in [4.69, 9.17) is 11.6 Å². The van der Waals surface area contributed by atoms with Crippen LogP contribution in [0.4, 0.5) is 5.82 Å². The predicted octanol–water partition coefficient (Wildman–Crippen LogP) is 2.09. The minimum Gasteiger partial charge on any atom is -0.345 e. The van der Waals surface area contributed by atoms with E-state index in [2.05, 4.69) is 15.6 Å². The van der Waals surface area contributed by atoms with Gasteiger partial charge in [-0.15, -0.1) is 0 Å². The predicted molar refractivity (Wildman–Crippen MR) is 101 cm³/mol. The average molecular weight is 387 g/mol. The van der Waals surface area contributed by atoms with Crippen LogP contribution in [0.15, 0.2) is 48.7 Å². The standard InChI is InChI=1S/C19H19ClN4O3/c20-14-6-7-16(21-12-14)23-18(26)17(25)22-15-8-10-24(11-9-15)19(27)13-4-2-1-3-5-13/h1-7,12,15H,8-11H2,(H,22,25)(H,21,23,26). The lowest BCUT2D eigenvalue weighted by Gasteiger charge is -2.32. The topological polar surface area (TPSA) is 91.4 Å². The van der Waals surface area contributed by atoms with Gasteiger partial charge in [-0.25, -0.2) is 4.98 Å². The van der Waals surface area contributed by atoms with Crippen LogP contribution in [-0.2, 0) is 9.59 Å². The summed E-state index contributed by atoms with van der Waals surface area (Å²) in [6, 6.07) is 12.0. The Bertz CT molecular complexity index is 819. The maximum atomic E-state index is 12.4. The van der Waals surface area contributed by atoms with Crippen molar-refractivity contribution in [1.29, 1.82) is 0 Å². The third kappa shape index (κ3) is 5.04. The van der Waals surface area contributed by atoms with E-state index in [1.54, 1.807) is 23.1 Å². The van der Waals surface area contributed by atoms with Crippen molar-refractivity contribution in [2.24, 2.45) is 0 Å². The van der Waals surface area contributed by atoms with Crippen molar-refractivity contribution in [3.63, 3.8) is 0 Å². The number of piperidine rings is 1. The summed E-state index contributed by atoms with van der Waals surface area (Å²) >= 11 is 5.73. The number of pyridine rings is 1. The van der Waals surface area contributed by atoms with E-state index in [1.165, 1.54) is 12.3 Å². The average Bonchev–Trinajstić information content (AvgIpc) is 2.70. The van der Waals surface area contributed by atoms with Gasteiger partial charge >= 0.3 is 11.8 Å².